The summed E-state index contributed by atoms with van der Waals surface area (Å²) in [7, 11) is 1.84. The fourth-order valence-corrected chi connectivity index (χ4v) is 4.18. The van der Waals surface area contributed by atoms with Crippen LogP contribution in [0.5, 0.6) is 5.75 Å². The van der Waals surface area contributed by atoms with Gasteiger partial charge in [0.05, 0.1) is 18.3 Å². The second-order valence-corrected chi connectivity index (χ2v) is 7.59. The monoisotopic (exact) mass is 394 g/mol. The largest absolute Gasteiger partial charge is 0.490 e. The summed E-state index contributed by atoms with van der Waals surface area (Å²) in [6.45, 7) is 4.15. The molecule has 5 nitrogen and oxygen atoms in total. The molecule has 0 atom stereocenters. The molecular formula is C24H30N2O3. The molecule has 0 amide bonds. The highest BCUT2D eigenvalue weighted by Crippen LogP contribution is 2.35. The van der Waals surface area contributed by atoms with E-state index in [2.05, 4.69) is 13.0 Å². The van der Waals surface area contributed by atoms with Crippen molar-refractivity contribution in [3.05, 3.63) is 41.2 Å². The van der Waals surface area contributed by atoms with Gasteiger partial charge in [0, 0.05) is 18.3 Å². The predicted molar refractivity (Wildman–Crippen MR) is 113 cm³/mol. The summed E-state index contributed by atoms with van der Waals surface area (Å²) in [4.78, 5) is 12.7. The molecule has 154 valence electrons. The fourth-order valence-electron chi connectivity index (χ4n) is 4.18. The first-order chi connectivity index (χ1) is 14.1. The summed E-state index contributed by atoms with van der Waals surface area (Å²) in [6, 6.07) is 10.1. The first kappa shape index (κ1) is 21.0. The van der Waals surface area contributed by atoms with Crippen molar-refractivity contribution in [2.24, 2.45) is 7.05 Å². The molecule has 29 heavy (non-hydrogen) atoms. The van der Waals surface area contributed by atoms with Crippen molar-refractivity contribution in [2.75, 3.05) is 6.61 Å². The number of ether oxygens (including phenoxy) is 2. The first-order valence-corrected chi connectivity index (χ1v) is 10.7. The Bertz CT molecular complexity index is 884. The van der Waals surface area contributed by atoms with E-state index in [1.807, 2.05) is 35.9 Å². The molecule has 5 heteroatoms. The maximum Gasteiger partial charge on any atom is 0.355 e. The van der Waals surface area contributed by atoms with Gasteiger partial charge in [0.15, 0.2) is 0 Å². The van der Waals surface area contributed by atoms with Crippen molar-refractivity contribution in [3.63, 3.8) is 0 Å². The predicted octanol–water partition coefficient (Wildman–Crippen LogP) is 5.40. The van der Waals surface area contributed by atoms with Crippen molar-refractivity contribution < 1.29 is 14.3 Å². The minimum Gasteiger partial charge on any atom is -0.490 e. The Labute approximate surface area is 173 Å². The number of nitriles is 1. The molecule has 0 saturated heterocycles. The Hall–Kier alpha value is -2.74. The van der Waals surface area contributed by atoms with Crippen LogP contribution in [0.1, 0.15) is 74.1 Å². The van der Waals surface area contributed by atoms with Crippen LogP contribution in [0.2, 0.25) is 0 Å². The second kappa shape index (κ2) is 9.65. The van der Waals surface area contributed by atoms with Gasteiger partial charge in [-0.05, 0) is 56.7 Å². The molecule has 2 aromatic rings. The van der Waals surface area contributed by atoms with E-state index in [1.165, 1.54) is 19.3 Å². The number of hydrogen-bond acceptors (Lipinski definition) is 4. The molecule has 0 radical (unpaired) electrons. The lowest BCUT2D eigenvalue weighted by Gasteiger charge is -2.23. The van der Waals surface area contributed by atoms with Crippen LogP contribution in [0.4, 0.5) is 0 Å². The van der Waals surface area contributed by atoms with Crippen LogP contribution in [0, 0.1) is 11.3 Å². The molecule has 1 aliphatic rings. The Balaban J connectivity index is 1.98. The van der Waals surface area contributed by atoms with Gasteiger partial charge in [-0.15, -0.1) is 0 Å². The first-order valence-electron chi connectivity index (χ1n) is 10.7. The van der Waals surface area contributed by atoms with Gasteiger partial charge in [-0.3, -0.25) is 0 Å². The third kappa shape index (κ3) is 4.48. The van der Waals surface area contributed by atoms with Gasteiger partial charge >= 0.3 is 5.97 Å². The van der Waals surface area contributed by atoms with Gasteiger partial charge in [0.2, 0.25) is 0 Å². The summed E-state index contributed by atoms with van der Waals surface area (Å²) in [6.07, 6.45) is 7.85. The zero-order chi connectivity index (χ0) is 20.8. The molecule has 0 spiro atoms. The normalized spacial score (nSPS) is 14.4. The molecule has 1 fully saturated rings. The quantitative estimate of drug-likeness (QED) is 0.590. The van der Waals surface area contributed by atoms with E-state index in [1.54, 1.807) is 6.92 Å². The van der Waals surface area contributed by atoms with Crippen molar-refractivity contribution in [1.29, 1.82) is 5.26 Å². The van der Waals surface area contributed by atoms with E-state index < -0.39 is 5.97 Å². The van der Waals surface area contributed by atoms with Crippen LogP contribution in [0.3, 0.4) is 0 Å². The smallest absolute Gasteiger partial charge is 0.355 e. The zero-order valence-electron chi connectivity index (χ0n) is 17.7. The molecule has 1 saturated carbocycles. The summed E-state index contributed by atoms with van der Waals surface area (Å²) in [5.74, 6) is 0.438. The molecule has 3 rings (SSSR count). The minimum atomic E-state index is -0.397. The van der Waals surface area contributed by atoms with Crippen LogP contribution in [-0.4, -0.2) is 23.2 Å². The topological polar surface area (TPSA) is 64.2 Å². The third-order valence-corrected chi connectivity index (χ3v) is 5.58. The molecule has 1 aliphatic carbocycles. The molecule has 1 heterocycles. The maximum absolute atomic E-state index is 12.7. The van der Waals surface area contributed by atoms with Crippen molar-refractivity contribution in [3.8, 4) is 22.9 Å². The standard InChI is InChI=1S/C24H30N2O3/c1-4-9-21-20(16-25)22(23(26(21)3)24(27)28-5-2)17-12-14-19(15-13-17)29-18-10-7-6-8-11-18/h12-15,18H,4-11H2,1-3H3. The number of carbonyl (C=O) groups excluding carboxylic acids is 1. The molecule has 1 aromatic carbocycles. The molecule has 0 bridgehead atoms. The van der Waals surface area contributed by atoms with Crippen LogP contribution in [-0.2, 0) is 18.2 Å². The number of hydrogen-bond donors (Lipinski definition) is 0. The van der Waals surface area contributed by atoms with Gasteiger partial charge < -0.3 is 14.0 Å². The number of carbonyl (C=O) groups is 1. The number of aromatic nitrogens is 1. The van der Waals surface area contributed by atoms with Gasteiger partial charge in [-0.2, -0.15) is 5.26 Å². The lowest BCUT2D eigenvalue weighted by molar-refractivity contribution is 0.0516. The van der Waals surface area contributed by atoms with E-state index in [4.69, 9.17) is 9.47 Å². The van der Waals surface area contributed by atoms with Crippen molar-refractivity contribution in [2.45, 2.75) is 64.9 Å². The lowest BCUT2D eigenvalue weighted by atomic mass is 9.97. The number of esters is 1. The highest BCUT2D eigenvalue weighted by Gasteiger charge is 2.27. The van der Waals surface area contributed by atoms with Gasteiger partial charge in [0.25, 0.3) is 0 Å². The van der Waals surface area contributed by atoms with Gasteiger partial charge in [-0.1, -0.05) is 31.9 Å². The van der Waals surface area contributed by atoms with Gasteiger partial charge in [0.1, 0.15) is 17.5 Å². The van der Waals surface area contributed by atoms with Crippen LogP contribution >= 0.6 is 0 Å². The number of benzene rings is 1. The fraction of sp³-hybridized carbons (Fsp3) is 0.500. The van der Waals surface area contributed by atoms with Crippen molar-refractivity contribution >= 4 is 5.97 Å². The average Bonchev–Trinajstić information content (AvgIpc) is 3.01. The summed E-state index contributed by atoms with van der Waals surface area (Å²) in [5.41, 5.74) is 3.35. The van der Waals surface area contributed by atoms with Gasteiger partial charge in [-0.25, -0.2) is 4.79 Å². The molecule has 1 aromatic heterocycles. The lowest BCUT2D eigenvalue weighted by Crippen LogP contribution is -2.19. The Morgan fingerprint density at radius 1 is 1.17 bits per heavy atom. The van der Waals surface area contributed by atoms with E-state index >= 15 is 0 Å². The summed E-state index contributed by atoms with van der Waals surface area (Å²) >= 11 is 0. The Kier molecular flexibility index (Phi) is 6.98. The van der Waals surface area contributed by atoms with E-state index in [9.17, 15) is 10.1 Å². The third-order valence-electron chi connectivity index (χ3n) is 5.58. The highest BCUT2D eigenvalue weighted by atomic mass is 16.5. The SMILES string of the molecule is CCCc1c(C#N)c(-c2ccc(OC3CCCCC3)cc2)c(C(=O)OCC)n1C. The number of nitrogens with zero attached hydrogens (tertiary/aromatic N) is 2. The molecule has 0 unspecified atom stereocenters. The molecule has 0 N–H and O–H groups in total. The van der Waals surface area contributed by atoms with E-state index in [-0.39, 0.29) is 6.10 Å². The minimum absolute atomic E-state index is 0.284. The average molecular weight is 395 g/mol. The highest BCUT2D eigenvalue weighted by molar-refractivity contribution is 5.98. The van der Waals surface area contributed by atoms with E-state index in [0.717, 1.165) is 42.7 Å². The van der Waals surface area contributed by atoms with Crippen LogP contribution in [0.15, 0.2) is 24.3 Å². The zero-order valence-corrected chi connectivity index (χ0v) is 17.7. The maximum atomic E-state index is 12.7. The molecular weight excluding hydrogens is 364 g/mol. The Morgan fingerprint density at radius 2 is 1.86 bits per heavy atom. The van der Waals surface area contributed by atoms with Crippen molar-refractivity contribution in [1.82, 2.24) is 4.57 Å². The Morgan fingerprint density at radius 3 is 2.45 bits per heavy atom. The van der Waals surface area contributed by atoms with Crippen LogP contribution < -0.4 is 4.74 Å². The second-order valence-electron chi connectivity index (χ2n) is 7.59. The number of rotatable bonds is 7. The van der Waals surface area contributed by atoms with Crippen LogP contribution in [0.25, 0.3) is 11.1 Å². The molecule has 0 aliphatic heterocycles. The summed E-state index contributed by atoms with van der Waals surface area (Å²) in [5, 5.41) is 9.87. The van der Waals surface area contributed by atoms with E-state index in [0.29, 0.717) is 23.4 Å². The summed E-state index contributed by atoms with van der Waals surface area (Å²) < 4.78 is 13.2.